The van der Waals surface area contributed by atoms with Crippen LogP contribution in [0.2, 0.25) is 0 Å². The van der Waals surface area contributed by atoms with Crippen LogP contribution in [0.25, 0.3) is 11.1 Å². The molecule has 0 radical (unpaired) electrons. The summed E-state index contributed by atoms with van der Waals surface area (Å²) in [6, 6.07) is 8.77. The highest BCUT2D eigenvalue weighted by Crippen LogP contribution is 2.44. The lowest BCUT2D eigenvalue weighted by Gasteiger charge is -2.23. The van der Waals surface area contributed by atoms with Gasteiger partial charge in [-0.25, -0.2) is 8.78 Å². The summed E-state index contributed by atoms with van der Waals surface area (Å²) in [5.41, 5.74) is 1.90. The van der Waals surface area contributed by atoms with Crippen LogP contribution in [0.1, 0.15) is 25.0 Å². The van der Waals surface area contributed by atoms with Gasteiger partial charge in [0.1, 0.15) is 17.2 Å². The number of amides is 1. The summed E-state index contributed by atoms with van der Waals surface area (Å²) in [4.78, 5) is 12.4. The van der Waals surface area contributed by atoms with Crippen LogP contribution in [0.15, 0.2) is 48.2 Å². The molecule has 1 amide bonds. The summed E-state index contributed by atoms with van der Waals surface area (Å²) in [6.45, 7) is 3.68. The van der Waals surface area contributed by atoms with Gasteiger partial charge in [0.2, 0.25) is 0 Å². The monoisotopic (exact) mass is 369 g/mol. The van der Waals surface area contributed by atoms with Gasteiger partial charge in [0.05, 0.1) is 18.4 Å². The second kappa shape index (κ2) is 5.94. The van der Waals surface area contributed by atoms with E-state index in [0.29, 0.717) is 28.1 Å². The average molecular weight is 369 g/mol. The van der Waals surface area contributed by atoms with Gasteiger partial charge in [-0.15, -0.1) is 0 Å². The lowest BCUT2D eigenvalue weighted by molar-refractivity contribution is -0.111. The van der Waals surface area contributed by atoms with E-state index in [1.807, 2.05) is 13.8 Å². The maximum atomic E-state index is 14.1. The Labute approximate surface area is 155 Å². The van der Waals surface area contributed by atoms with Crippen molar-refractivity contribution in [3.8, 4) is 5.75 Å². The fourth-order valence-electron chi connectivity index (χ4n) is 3.44. The average Bonchev–Trinajstić information content (AvgIpc) is 3.09. The van der Waals surface area contributed by atoms with Crippen molar-refractivity contribution in [3.05, 3.63) is 71.0 Å². The summed E-state index contributed by atoms with van der Waals surface area (Å²) in [6.07, 6.45) is 1.73. The first kappa shape index (κ1) is 17.3. The van der Waals surface area contributed by atoms with E-state index in [9.17, 15) is 13.6 Å². The van der Waals surface area contributed by atoms with Gasteiger partial charge < -0.3 is 14.8 Å². The quantitative estimate of drug-likeness (QED) is 0.792. The molecular weight excluding hydrogens is 352 g/mol. The van der Waals surface area contributed by atoms with Gasteiger partial charge in [-0.3, -0.25) is 4.79 Å². The highest BCUT2D eigenvalue weighted by atomic mass is 19.1. The number of anilines is 1. The molecule has 0 bridgehead atoms. The van der Waals surface area contributed by atoms with Crippen molar-refractivity contribution >= 4 is 22.7 Å². The molecule has 0 saturated heterocycles. The molecule has 0 atom stereocenters. The Morgan fingerprint density at radius 1 is 1.11 bits per heavy atom. The molecule has 2 aliphatic rings. The molecule has 4 rings (SSSR count). The number of rotatable bonds is 2. The smallest absolute Gasteiger partial charge is 0.260 e. The SMILES string of the molecule is COc1ccc(C2=C/C(=C3\C(=O)Nc4cc(F)ccc43)OC2(C)C)cc1F. The zero-order chi connectivity index (χ0) is 19.3. The zero-order valence-electron chi connectivity index (χ0n) is 15.0. The fourth-order valence-corrected chi connectivity index (χ4v) is 3.44. The molecule has 0 unspecified atom stereocenters. The van der Waals surface area contributed by atoms with Gasteiger partial charge >= 0.3 is 0 Å². The predicted octanol–water partition coefficient (Wildman–Crippen LogP) is 4.53. The lowest BCUT2D eigenvalue weighted by atomic mass is 9.92. The molecule has 0 saturated carbocycles. The number of carbonyl (C=O) groups is 1. The third-order valence-electron chi connectivity index (χ3n) is 4.72. The van der Waals surface area contributed by atoms with Gasteiger partial charge in [0.15, 0.2) is 11.6 Å². The van der Waals surface area contributed by atoms with Crippen molar-refractivity contribution < 1.29 is 23.0 Å². The third-order valence-corrected chi connectivity index (χ3v) is 4.72. The summed E-state index contributed by atoms with van der Waals surface area (Å²) >= 11 is 0. The topological polar surface area (TPSA) is 47.6 Å². The van der Waals surface area contributed by atoms with E-state index in [1.54, 1.807) is 24.3 Å². The van der Waals surface area contributed by atoms with Crippen molar-refractivity contribution in [2.24, 2.45) is 0 Å². The fraction of sp³-hybridized carbons (Fsp3) is 0.190. The minimum absolute atomic E-state index is 0.153. The molecule has 4 nitrogen and oxygen atoms in total. The first-order valence-corrected chi connectivity index (χ1v) is 8.41. The Morgan fingerprint density at radius 3 is 2.59 bits per heavy atom. The van der Waals surface area contributed by atoms with E-state index in [2.05, 4.69) is 5.32 Å². The first-order chi connectivity index (χ1) is 12.8. The molecule has 2 heterocycles. The Hall–Kier alpha value is -3.15. The van der Waals surface area contributed by atoms with Crippen LogP contribution < -0.4 is 10.1 Å². The summed E-state index contributed by atoms with van der Waals surface area (Å²) in [7, 11) is 1.40. The Bertz CT molecular complexity index is 1040. The van der Waals surface area contributed by atoms with Crippen LogP contribution >= 0.6 is 0 Å². The van der Waals surface area contributed by atoms with Crippen LogP contribution in [0.5, 0.6) is 5.75 Å². The molecule has 2 aromatic carbocycles. The molecule has 2 aliphatic heterocycles. The number of fused-ring (bicyclic) bond motifs is 1. The zero-order valence-corrected chi connectivity index (χ0v) is 15.0. The van der Waals surface area contributed by atoms with E-state index in [4.69, 9.17) is 9.47 Å². The predicted molar refractivity (Wildman–Crippen MR) is 98.0 cm³/mol. The van der Waals surface area contributed by atoms with Crippen LogP contribution in [-0.4, -0.2) is 18.6 Å². The molecule has 138 valence electrons. The minimum Gasteiger partial charge on any atom is -0.494 e. The van der Waals surface area contributed by atoms with Crippen molar-refractivity contribution in [1.82, 2.24) is 0 Å². The molecule has 0 aromatic heterocycles. The van der Waals surface area contributed by atoms with Crippen molar-refractivity contribution in [2.45, 2.75) is 19.4 Å². The molecule has 0 fully saturated rings. The number of nitrogens with one attached hydrogen (secondary N) is 1. The van der Waals surface area contributed by atoms with Crippen LogP contribution in [0.3, 0.4) is 0 Å². The summed E-state index contributed by atoms with van der Waals surface area (Å²) < 4.78 is 38.6. The summed E-state index contributed by atoms with van der Waals surface area (Å²) in [5.74, 6) is -0.750. The van der Waals surface area contributed by atoms with E-state index in [1.165, 1.54) is 25.3 Å². The van der Waals surface area contributed by atoms with E-state index < -0.39 is 17.2 Å². The minimum atomic E-state index is -0.771. The van der Waals surface area contributed by atoms with E-state index in [0.717, 1.165) is 5.57 Å². The van der Waals surface area contributed by atoms with Crippen molar-refractivity contribution in [2.75, 3.05) is 12.4 Å². The molecule has 1 N–H and O–H groups in total. The Kier molecular flexibility index (Phi) is 3.80. The number of ether oxygens (including phenoxy) is 2. The molecule has 6 heteroatoms. The Balaban J connectivity index is 1.84. The highest BCUT2D eigenvalue weighted by molar-refractivity contribution is 6.32. The van der Waals surface area contributed by atoms with Crippen LogP contribution in [-0.2, 0) is 9.53 Å². The number of carbonyl (C=O) groups excluding carboxylic acids is 1. The number of hydrogen-bond donors (Lipinski definition) is 1. The molecule has 2 aromatic rings. The van der Waals surface area contributed by atoms with E-state index >= 15 is 0 Å². The number of benzene rings is 2. The van der Waals surface area contributed by atoms with E-state index in [-0.39, 0.29) is 11.7 Å². The first-order valence-electron chi connectivity index (χ1n) is 8.41. The summed E-state index contributed by atoms with van der Waals surface area (Å²) in [5, 5.41) is 2.65. The maximum absolute atomic E-state index is 14.1. The molecular formula is C21H17F2NO3. The largest absolute Gasteiger partial charge is 0.494 e. The van der Waals surface area contributed by atoms with Gasteiger partial charge in [0.25, 0.3) is 5.91 Å². The van der Waals surface area contributed by atoms with Crippen molar-refractivity contribution in [1.29, 1.82) is 0 Å². The lowest BCUT2D eigenvalue weighted by Crippen LogP contribution is -2.21. The standard InChI is InChI=1S/C21H17F2NO3/c1-21(2)14(11-4-7-17(26-3)15(23)8-11)10-18(27-21)19-13-6-5-12(22)9-16(13)24-20(19)25/h4-10H,1-3H3,(H,24,25)/b19-18+. The van der Waals surface area contributed by atoms with Crippen molar-refractivity contribution in [3.63, 3.8) is 0 Å². The van der Waals surface area contributed by atoms with Crippen LogP contribution in [0, 0.1) is 11.6 Å². The van der Waals surface area contributed by atoms with Gasteiger partial charge in [0, 0.05) is 11.1 Å². The number of allylic oxidation sites excluding steroid dienone is 1. The maximum Gasteiger partial charge on any atom is 0.260 e. The number of halogens is 2. The molecule has 0 spiro atoms. The van der Waals surface area contributed by atoms with Gasteiger partial charge in [-0.05, 0) is 55.8 Å². The molecule has 27 heavy (non-hydrogen) atoms. The second-order valence-corrected chi connectivity index (χ2v) is 6.90. The van der Waals surface area contributed by atoms with Gasteiger partial charge in [-0.1, -0.05) is 6.07 Å². The second-order valence-electron chi connectivity index (χ2n) is 6.90. The number of hydrogen-bond acceptors (Lipinski definition) is 3. The number of methoxy groups -OCH3 is 1. The normalized spacial score (nSPS) is 20.0. The van der Waals surface area contributed by atoms with Gasteiger partial charge in [-0.2, -0.15) is 0 Å². The highest BCUT2D eigenvalue weighted by Gasteiger charge is 2.38. The molecule has 0 aliphatic carbocycles. The third kappa shape index (κ3) is 2.77. The Morgan fingerprint density at radius 2 is 1.89 bits per heavy atom. The van der Waals surface area contributed by atoms with Crippen LogP contribution in [0.4, 0.5) is 14.5 Å².